The van der Waals surface area contributed by atoms with Crippen LogP contribution in [-0.4, -0.2) is 23.2 Å². The van der Waals surface area contributed by atoms with Crippen molar-refractivity contribution in [2.24, 2.45) is 0 Å². The summed E-state index contributed by atoms with van der Waals surface area (Å²) in [5.41, 5.74) is 3.95. The van der Waals surface area contributed by atoms with Crippen LogP contribution in [0.15, 0.2) is 30.5 Å². The van der Waals surface area contributed by atoms with Crippen molar-refractivity contribution in [1.29, 1.82) is 5.26 Å². The number of rotatable bonds is 7. The van der Waals surface area contributed by atoms with Crippen molar-refractivity contribution in [3.05, 3.63) is 47.5 Å². The van der Waals surface area contributed by atoms with E-state index in [9.17, 15) is 5.26 Å². The standard InChI is InChI=1S/C17H20N3O2P/c1-4-21-23(22-5-2)12-14-8-9-15(13(3)20-14)16-7-6-10-19-17(16)11-18/h6-10H,4-5,12H2,1-3H3. The first-order valence-corrected chi connectivity index (χ1v) is 8.91. The molecule has 0 aliphatic carbocycles. The van der Waals surface area contributed by atoms with Gasteiger partial charge >= 0.3 is 0 Å². The lowest BCUT2D eigenvalue weighted by atomic mass is 10.0. The summed E-state index contributed by atoms with van der Waals surface area (Å²) in [6.45, 7) is 7.12. The summed E-state index contributed by atoms with van der Waals surface area (Å²) >= 11 is 0. The molecule has 2 aromatic rings. The Hall–Kier alpha value is -1.86. The second kappa shape index (κ2) is 8.69. The molecule has 5 nitrogen and oxygen atoms in total. The molecule has 0 N–H and O–H groups in total. The van der Waals surface area contributed by atoms with E-state index in [1.54, 1.807) is 6.20 Å². The van der Waals surface area contributed by atoms with Gasteiger partial charge in [-0.1, -0.05) is 6.07 Å². The fourth-order valence-electron chi connectivity index (χ4n) is 2.25. The zero-order chi connectivity index (χ0) is 16.7. The maximum Gasteiger partial charge on any atom is 0.176 e. The Morgan fingerprint density at radius 1 is 1.13 bits per heavy atom. The van der Waals surface area contributed by atoms with E-state index in [1.165, 1.54) is 0 Å². The maximum absolute atomic E-state index is 9.20. The molecule has 0 spiro atoms. The highest BCUT2D eigenvalue weighted by Gasteiger charge is 2.14. The van der Waals surface area contributed by atoms with Gasteiger partial charge in [0.15, 0.2) is 8.38 Å². The molecule has 0 atom stereocenters. The lowest BCUT2D eigenvalue weighted by Crippen LogP contribution is -1.99. The van der Waals surface area contributed by atoms with Crippen LogP contribution in [-0.2, 0) is 15.2 Å². The lowest BCUT2D eigenvalue weighted by molar-refractivity contribution is 0.268. The summed E-state index contributed by atoms with van der Waals surface area (Å²) < 4.78 is 11.3. The van der Waals surface area contributed by atoms with Crippen molar-refractivity contribution in [3.8, 4) is 17.2 Å². The van der Waals surface area contributed by atoms with E-state index in [0.717, 1.165) is 22.5 Å². The van der Waals surface area contributed by atoms with Crippen molar-refractivity contribution in [2.45, 2.75) is 26.9 Å². The number of nitrogens with zero attached hydrogens (tertiary/aromatic N) is 3. The van der Waals surface area contributed by atoms with E-state index in [4.69, 9.17) is 9.05 Å². The SMILES string of the molecule is CCOP(Cc1ccc(-c2cccnc2C#N)c(C)n1)OCC. The molecule has 0 radical (unpaired) electrons. The Morgan fingerprint density at radius 2 is 1.87 bits per heavy atom. The molecular weight excluding hydrogens is 309 g/mol. The summed E-state index contributed by atoms with van der Waals surface area (Å²) in [5.74, 6) is 0. The van der Waals surface area contributed by atoms with Crippen LogP contribution in [0.1, 0.15) is 30.9 Å². The van der Waals surface area contributed by atoms with Crippen LogP contribution in [0.5, 0.6) is 0 Å². The van der Waals surface area contributed by atoms with E-state index in [2.05, 4.69) is 16.0 Å². The highest BCUT2D eigenvalue weighted by atomic mass is 31.2. The van der Waals surface area contributed by atoms with Crippen LogP contribution >= 0.6 is 8.38 Å². The van der Waals surface area contributed by atoms with Gasteiger partial charge in [-0.2, -0.15) is 5.26 Å². The van der Waals surface area contributed by atoms with Gasteiger partial charge in [0, 0.05) is 28.7 Å². The molecule has 2 aromatic heterocycles. The van der Waals surface area contributed by atoms with Crippen molar-refractivity contribution >= 4 is 8.38 Å². The van der Waals surface area contributed by atoms with E-state index in [-0.39, 0.29) is 0 Å². The molecule has 0 aliphatic rings. The number of nitriles is 1. The minimum absolute atomic E-state index is 0.413. The third-order valence-corrected chi connectivity index (χ3v) is 4.86. The number of aryl methyl sites for hydroxylation is 1. The smallest absolute Gasteiger partial charge is 0.176 e. The van der Waals surface area contributed by atoms with E-state index < -0.39 is 8.38 Å². The molecule has 6 heteroatoms. The summed E-state index contributed by atoms with van der Waals surface area (Å²) in [6.07, 6.45) is 2.28. The molecule has 0 unspecified atom stereocenters. The van der Waals surface area contributed by atoms with Gasteiger partial charge in [-0.3, -0.25) is 4.98 Å². The third kappa shape index (κ3) is 4.56. The number of hydrogen-bond acceptors (Lipinski definition) is 5. The summed E-state index contributed by atoms with van der Waals surface area (Å²) in [5, 5.41) is 9.20. The first-order valence-electron chi connectivity index (χ1n) is 7.55. The van der Waals surface area contributed by atoms with Crippen LogP contribution in [0.4, 0.5) is 0 Å². The summed E-state index contributed by atoms with van der Waals surface area (Å²) in [6, 6.07) is 9.79. The second-order valence-corrected chi connectivity index (χ2v) is 6.27. The maximum atomic E-state index is 9.20. The van der Waals surface area contributed by atoms with Gasteiger partial charge in [0.05, 0.1) is 19.4 Å². The average Bonchev–Trinajstić information content (AvgIpc) is 2.55. The van der Waals surface area contributed by atoms with Crippen LogP contribution < -0.4 is 0 Å². The molecule has 0 saturated heterocycles. The van der Waals surface area contributed by atoms with Crippen molar-refractivity contribution in [2.75, 3.05) is 13.2 Å². The Labute approximate surface area is 138 Å². The molecule has 2 heterocycles. The molecule has 0 saturated carbocycles. The molecule has 23 heavy (non-hydrogen) atoms. The predicted molar refractivity (Wildman–Crippen MR) is 90.8 cm³/mol. The van der Waals surface area contributed by atoms with Crippen molar-refractivity contribution in [1.82, 2.24) is 9.97 Å². The quantitative estimate of drug-likeness (QED) is 0.712. The number of hydrogen-bond donors (Lipinski definition) is 0. The van der Waals surface area contributed by atoms with Gasteiger partial charge in [-0.15, -0.1) is 0 Å². The third-order valence-electron chi connectivity index (χ3n) is 3.18. The van der Waals surface area contributed by atoms with E-state index in [1.807, 2.05) is 45.0 Å². The largest absolute Gasteiger partial charge is 0.334 e. The van der Waals surface area contributed by atoms with E-state index in [0.29, 0.717) is 25.1 Å². The number of pyridine rings is 2. The molecule has 0 bridgehead atoms. The lowest BCUT2D eigenvalue weighted by Gasteiger charge is -2.16. The van der Waals surface area contributed by atoms with Crippen LogP contribution in [0.25, 0.3) is 11.1 Å². The first kappa shape index (κ1) is 17.5. The number of aromatic nitrogens is 2. The van der Waals surface area contributed by atoms with Crippen LogP contribution in [0.3, 0.4) is 0 Å². The fraction of sp³-hybridized carbons (Fsp3) is 0.353. The molecule has 0 aromatic carbocycles. The zero-order valence-electron chi connectivity index (χ0n) is 13.6. The first-order chi connectivity index (χ1) is 11.2. The predicted octanol–water partition coefficient (Wildman–Crippen LogP) is 4.21. The summed E-state index contributed by atoms with van der Waals surface area (Å²) in [7, 11) is -0.950. The Bertz CT molecular complexity index is 694. The molecule has 2 rings (SSSR count). The van der Waals surface area contributed by atoms with Gasteiger partial charge in [0.25, 0.3) is 0 Å². The van der Waals surface area contributed by atoms with Crippen LogP contribution in [0, 0.1) is 18.3 Å². The van der Waals surface area contributed by atoms with Gasteiger partial charge in [-0.05, 0) is 39.0 Å². The Morgan fingerprint density at radius 3 is 2.48 bits per heavy atom. The highest BCUT2D eigenvalue weighted by Crippen LogP contribution is 2.41. The normalized spacial score (nSPS) is 10.7. The second-order valence-electron chi connectivity index (χ2n) is 4.77. The van der Waals surface area contributed by atoms with Crippen LogP contribution in [0.2, 0.25) is 0 Å². The van der Waals surface area contributed by atoms with Gasteiger partial charge in [-0.25, -0.2) is 4.98 Å². The minimum atomic E-state index is -0.950. The van der Waals surface area contributed by atoms with Gasteiger partial charge < -0.3 is 9.05 Å². The Kier molecular flexibility index (Phi) is 6.61. The molecule has 0 aliphatic heterocycles. The van der Waals surface area contributed by atoms with Gasteiger partial charge in [0.2, 0.25) is 0 Å². The minimum Gasteiger partial charge on any atom is -0.334 e. The molecular formula is C17H20N3O2P. The summed E-state index contributed by atoms with van der Waals surface area (Å²) in [4.78, 5) is 8.76. The molecule has 0 fully saturated rings. The van der Waals surface area contributed by atoms with Crippen molar-refractivity contribution in [3.63, 3.8) is 0 Å². The zero-order valence-corrected chi connectivity index (χ0v) is 14.5. The fourth-order valence-corrected chi connectivity index (χ4v) is 3.52. The van der Waals surface area contributed by atoms with E-state index >= 15 is 0 Å². The molecule has 0 amide bonds. The topological polar surface area (TPSA) is 68.0 Å². The average molecular weight is 329 g/mol. The highest BCUT2D eigenvalue weighted by molar-refractivity contribution is 7.46. The molecule has 120 valence electrons. The Balaban J connectivity index is 2.26. The monoisotopic (exact) mass is 329 g/mol. The van der Waals surface area contributed by atoms with Crippen molar-refractivity contribution < 1.29 is 9.05 Å². The van der Waals surface area contributed by atoms with Gasteiger partial charge in [0.1, 0.15) is 11.8 Å².